The summed E-state index contributed by atoms with van der Waals surface area (Å²) < 4.78 is 14.1. The van der Waals surface area contributed by atoms with Crippen LogP contribution in [0.1, 0.15) is 70.4 Å². The Balaban J connectivity index is 1.99. The highest BCUT2D eigenvalue weighted by molar-refractivity contribution is 7.85. The Morgan fingerprint density at radius 3 is 2.48 bits per heavy atom. The normalized spacial score (nSPS) is 14.9. The second-order valence-electron chi connectivity index (χ2n) is 7.00. The van der Waals surface area contributed by atoms with Gasteiger partial charge in [0.2, 0.25) is 0 Å². The van der Waals surface area contributed by atoms with Crippen molar-refractivity contribution in [3.8, 4) is 0 Å². The third-order valence-corrected chi connectivity index (χ3v) is 5.39. The van der Waals surface area contributed by atoms with Gasteiger partial charge in [0.05, 0.1) is 0 Å². The lowest BCUT2D eigenvalue weighted by atomic mass is 9.94. The Bertz CT molecular complexity index is 661. The van der Waals surface area contributed by atoms with Crippen molar-refractivity contribution in [2.45, 2.75) is 65.7 Å². The summed E-state index contributed by atoms with van der Waals surface area (Å²) in [6.45, 7) is 6.50. The summed E-state index contributed by atoms with van der Waals surface area (Å²) in [5.41, 5.74) is 4.12. The van der Waals surface area contributed by atoms with E-state index in [9.17, 15) is 4.39 Å². The summed E-state index contributed by atoms with van der Waals surface area (Å²) in [5.74, 6) is 0.687. The van der Waals surface area contributed by atoms with E-state index in [-0.39, 0.29) is 5.82 Å². The van der Waals surface area contributed by atoms with E-state index in [1.807, 2.05) is 19.1 Å². The van der Waals surface area contributed by atoms with E-state index < -0.39 is 0 Å². The van der Waals surface area contributed by atoms with Gasteiger partial charge < -0.3 is 0 Å². The number of allylic oxidation sites excluding steroid dienone is 5. The molecule has 1 aliphatic carbocycles. The molecular formula is C23H31FS. The zero-order chi connectivity index (χ0) is 18.2. The molecule has 136 valence electrons. The minimum absolute atomic E-state index is 0.111. The average molecular weight is 359 g/mol. The van der Waals surface area contributed by atoms with Crippen molar-refractivity contribution in [2.24, 2.45) is 5.92 Å². The Kier molecular flexibility index (Phi) is 8.02. The van der Waals surface area contributed by atoms with Gasteiger partial charge in [-0.05, 0) is 59.6 Å². The van der Waals surface area contributed by atoms with E-state index in [4.69, 9.17) is 0 Å². The lowest BCUT2D eigenvalue weighted by Gasteiger charge is -2.12. The minimum atomic E-state index is -0.111. The summed E-state index contributed by atoms with van der Waals surface area (Å²) in [5, 5.41) is 0. The van der Waals surface area contributed by atoms with E-state index in [0.717, 1.165) is 46.8 Å². The molecule has 0 radical (unpaired) electrons. The molecule has 0 saturated heterocycles. The van der Waals surface area contributed by atoms with E-state index in [1.54, 1.807) is 6.07 Å². The first-order chi connectivity index (χ1) is 12.1. The Morgan fingerprint density at radius 1 is 1.16 bits per heavy atom. The smallest absolute Gasteiger partial charge is 0.126 e. The Hall–Kier alpha value is -1.28. The molecule has 0 unspecified atom stereocenters. The molecule has 0 fully saturated rings. The molecule has 0 aromatic heterocycles. The average Bonchev–Trinajstić information content (AvgIpc) is 2.96. The maximum Gasteiger partial charge on any atom is 0.126 e. The lowest BCUT2D eigenvalue weighted by molar-refractivity contribution is 0.445. The number of hydrogen-bond donors (Lipinski definition) is 1. The van der Waals surface area contributed by atoms with Crippen LogP contribution in [0.3, 0.4) is 0 Å². The molecule has 0 heterocycles. The number of thiol groups is 1. The third kappa shape index (κ3) is 5.60. The first-order valence-electron chi connectivity index (χ1n) is 9.66. The largest absolute Gasteiger partial charge is 0.207 e. The molecule has 1 aliphatic rings. The van der Waals surface area contributed by atoms with Crippen LogP contribution in [0.4, 0.5) is 4.39 Å². The van der Waals surface area contributed by atoms with Gasteiger partial charge in [-0.15, -0.1) is 12.6 Å². The van der Waals surface area contributed by atoms with Crippen LogP contribution in [-0.2, 0) is 6.42 Å². The van der Waals surface area contributed by atoms with Gasteiger partial charge in [0.15, 0.2) is 0 Å². The first kappa shape index (κ1) is 20.0. The maximum absolute atomic E-state index is 14.1. The predicted octanol–water partition coefficient (Wildman–Crippen LogP) is 7.52. The zero-order valence-electron chi connectivity index (χ0n) is 15.8. The molecule has 0 spiro atoms. The number of benzene rings is 1. The molecular weight excluding hydrogens is 327 g/mol. The van der Waals surface area contributed by atoms with Crippen molar-refractivity contribution in [3.05, 3.63) is 63.8 Å². The molecule has 0 atom stereocenters. The summed E-state index contributed by atoms with van der Waals surface area (Å²) in [7, 11) is 0. The maximum atomic E-state index is 14.1. The van der Waals surface area contributed by atoms with Gasteiger partial charge in [-0.1, -0.05) is 70.7 Å². The van der Waals surface area contributed by atoms with Crippen molar-refractivity contribution < 1.29 is 4.39 Å². The SMILES string of the molecule is CCCC(C/C=C\C1=CC(S)=C(c2ccc(CC)c(F)c2)C1)CCC. The predicted molar refractivity (Wildman–Crippen MR) is 111 cm³/mol. The van der Waals surface area contributed by atoms with Crippen LogP contribution in [0.5, 0.6) is 0 Å². The topological polar surface area (TPSA) is 0 Å². The van der Waals surface area contributed by atoms with Gasteiger partial charge >= 0.3 is 0 Å². The van der Waals surface area contributed by atoms with Crippen LogP contribution in [-0.4, -0.2) is 0 Å². The standard InChI is InChI=1S/C23H31FS/c1-4-8-17(9-5-2)10-7-11-18-14-21(23(25)15-18)20-13-12-19(6-3)22(24)16-20/h7,11-13,15-17,25H,4-6,8-10,14H2,1-3H3/b11-7-. The van der Waals surface area contributed by atoms with Crippen LogP contribution >= 0.6 is 12.6 Å². The van der Waals surface area contributed by atoms with Gasteiger partial charge in [-0.2, -0.15) is 0 Å². The molecule has 25 heavy (non-hydrogen) atoms. The highest BCUT2D eigenvalue weighted by Gasteiger charge is 2.15. The summed E-state index contributed by atoms with van der Waals surface area (Å²) in [4.78, 5) is 0.960. The summed E-state index contributed by atoms with van der Waals surface area (Å²) in [6.07, 6.45) is 14.5. The zero-order valence-corrected chi connectivity index (χ0v) is 16.7. The Labute approximate surface area is 158 Å². The van der Waals surface area contributed by atoms with Gasteiger partial charge in [0.25, 0.3) is 0 Å². The fraction of sp³-hybridized carbons (Fsp3) is 0.478. The van der Waals surface area contributed by atoms with E-state index in [2.05, 4.69) is 44.7 Å². The number of rotatable bonds is 9. The Morgan fingerprint density at radius 2 is 1.88 bits per heavy atom. The van der Waals surface area contributed by atoms with Crippen LogP contribution in [0.25, 0.3) is 5.57 Å². The molecule has 0 amide bonds. The first-order valence-corrected chi connectivity index (χ1v) is 10.1. The molecule has 0 aliphatic heterocycles. The van der Waals surface area contributed by atoms with Crippen molar-refractivity contribution in [1.82, 2.24) is 0 Å². The molecule has 0 saturated carbocycles. The van der Waals surface area contributed by atoms with Crippen LogP contribution in [0, 0.1) is 11.7 Å². The molecule has 2 rings (SSSR count). The van der Waals surface area contributed by atoms with Crippen LogP contribution in [0.2, 0.25) is 0 Å². The molecule has 1 aromatic rings. The molecule has 0 nitrogen and oxygen atoms in total. The van der Waals surface area contributed by atoms with Crippen LogP contribution in [0.15, 0.2) is 46.9 Å². The van der Waals surface area contributed by atoms with Gasteiger partial charge in [0, 0.05) is 4.91 Å². The van der Waals surface area contributed by atoms with Gasteiger partial charge in [-0.3, -0.25) is 0 Å². The fourth-order valence-electron chi connectivity index (χ4n) is 3.60. The number of hydrogen-bond acceptors (Lipinski definition) is 1. The van der Waals surface area contributed by atoms with E-state index >= 15 is 0 Å². The summed E-state index contributed by atoms with van der Waals surface area (Å²) >= 11 is 4.62. The number of halogens is 1. The van der Waals surface area contributed by atoms with E-state index in [0.29, 0.717) is 0 Å². The quantitative estimate of drug-likeness (QED) is 0.433. The van der Waals surface area contributed by atoms with E-state index in [1.165, 1.54) is 31.3 Å². The van der Waals surface area contributed by atoms with Crippen molar-refractivity contribution >= 4 is 18.2 Å². The molecule has 0 N–H and O–H groups in total. The monoisotopic (exact) mass is 358 g/mol. The highest BCUT2D eigenvalue weighted by Crippen LogP contribution is 2.36. The van der Waals surface area contributed by atoms with Crippen molar-refractivity contribution in [1.29, 1.82) is 0 Å². The van der Waals surface area contributed by atoms with Crippen molar-refractivity contribution in [3.63, 3.8) is 0 Å². The fourth-order valence-corrected chi connectivity index (χ4v) is 3.97. The molecule has 2 heteroatoms. The van der Waals surface area contributed by atoms with Gasteiger partial charge in [-0.25, -0.2) is 4.39 Å². The lowest BCUT2D eigenvalue weighted by Crippen LogP contribution is -1.97. The minimum Gasteiger partial charge on any atom is -0.207 e. The van der Waals surface area contributed by atoms with Crippen molar-refractivity contribution in [2.75, 3.05) is 0 Å². The molecule has 0 bridgehead atoms. The third-order valence-electron chi connectivity index (χ3n) is 4.99. The molecule has 1 aromatic carbocycles. The number of aryl methyl sites for hydroxylation is 1. The highest BCUT2D eigenvalue weighted by atomic mass is 32.1. The summed E-state index contributed by atoms with van der Waals surface area (Å²) in [6, 6.07) is 5.57. The second-order valence-corrected chi connectivity index (χ2v) is 7.48. The van der Waals surface area contributed by atoms with Gasteiger partial charge in [0.1, 0.15) is 5.82 Å². The second kappa shape index (κ2) is 10.0. The van der Waals surface area contributed by atoms with Crippen LogP contribution < -0.4 is 0 Å².